The van der Waals surface area contributed by atoms with Crippen molar-refractivity contribution < 1.29 is 26.6 Å². The van der Waals surface area contributed by atoms with Gasteiger partial charge in [0.1, 0.15) is 12.3 Å². The van der Waals surface area contributed by atoms with Crippen molar-refractivity contribution in [2.24, 2.45) is 11.3 Å². The number of ether oxygens (including phenoxy) is 1. The molecule has 40 heavy (non-hydrogen) atoms. The Morgan fingerprint density at radius 2 is 1.90 bits per heavy atom. The van der Waals surface area contributed by atoms with Crippen LogP contribution in [-0.4, -0.2) is 21.0 Å². The van der Waals surface area contributed by atoms with Gasteiger partial charge in [-0.15, -0.1) is 10.7 Å². The molecule has 1 unspecified atom stereocenters. The first kappa shape index (κ1) is 30.0. The fraction of sp³-hybridized carbons (Fsp3) is 0.441. The second-order valence-electron chi connectivity index (χ2n) is 12.1. The fourth-order valence-corrected chi connectivity index (χ4v) is 6.93. The maximum Gasteiger partial charge on any atom is 2.00 e. The maximum absolute atomic E-state index is 13.5. The molecule has 3 atom stereocenters. The molecule has 6 rings (SSSR count). The van der Waals surface area contributed by atoms with Crippen molar-refractivity contribution in [3.63, 3.8) is 0 Å². The molecule has 0 spiro atoms. The summed E-state index contributed by atoms with van der Waals surface area (Å²) in [6, 6.07) is 25.2. The van der Waals surface area contributed by atoms with Crippen LogP contribution in [0.2, 0.25) is 0 Å². The molecule has 0 radical (unpaired) electrons. The Morgan fingerprint density at radius 3 is 2.58 bits per heavy atom. The van der Waals surface area contributed by atoms with Gasteiger partial charge in [0.2, 0.25) is 0 Å². The second-order valence-corrected chi connectivity index (χ2v) is 12.1. The molecule has 0 amide bonds. The largest absolute Gasteiger partial charge is 2.00 e. The molecule has 2 aliphatic rings. The zero-order valence-electron chi connectivity index (χ0n) is 24.1. The summed E-state index contributed by atoms with van der Waals surface area (Å²) in [6.45, 7) is 9.87. The molecule has 1 heterocycles. The molecular weight excluding hydrogens is 538 g/mol. The summed E-state index contributed by atoms with van der Waals surface area (Å²) >= 11 is 0. The SMILES string of the molecule is CC(C)c1ccc2c(c1)CCC1[C@](C)(C(=O)OCc3cn(C[c-]4cccc4)nn3)CCC[C@]21C.[Fe+2].c1cc[cH-]c1. The minimum atomic E-state index is -0.479. The molecule has 1 saturated carbocycles. The van der Waals surface area contributed by atoms with E-state index in [9.17, 15) is 4.79 Å². The summed E-state index contributed by atoms with van der Waals surface area (Å²) in [5.41, 5.74) is 5.74. The van der Waals surface area contributed by atoms with Crippen molar-refractivity contribution in [3.05, 3.63) is 107 Å². The Kier molecular flexibility index (Phi) is 9.53. The van der Waals surface area contributed by atoms with Crippen LogP contribution in [0, 0.1) is 11.3 Å². The van der Waals surface area contributed by atoms with E-state index in [0.29, 0.717) is 18.2 Å². The van der Waals surface area contributed by atoms with E-state index in [4.69, 9.17) is 4.74 Å². The maximum atomic E-state index is 13.5. The van der Waals surface area contributed by atoms with E-state index in [1.807, 2.05) is 48.7 Å². The number of carbonyl (C=O) groups is 1. The third-order valence-corrected chi connectivity index (χ3v) is 9.08. The first-order valence-corrected chi connectivity index (χ1v) is 14.4. The molecule has 4 aromatic rings. The molecule has 0 aliphatic heterocycles. The molecule has 0 N–H and O–H groups in total. The summed E-state index contributed by atoms with van der Waals surface area (Å²) < 4.78 is 7.69. The number of aryl methyl sites for hydroxylation is 1. The van der Waals surface area contributed by atoms with Gasteiger partial charge in [-0.2, -0.15) is 30.3 Å². The van der Waals surface area contributed by atoms with E-state index in [-0.39, 0.29) is 41.0 Å². The zero-order chi connectivity index (χ0) is 27.5. The predicted octanol–water partition coefficient (Wildman–Crippen LogP) is 7.33. The first-order chi connectivity index (χ1) is 18.8. The van der Waals surface area contributed by atoms with Gasteiger partial charge < -0.3 is 4.74 Å². The number of benzene rings is 1. The van der Waals surface area contributed by atoms with Crippen LogP contribution in [0.3, 0.4) is 0 Å². The minimum absolute atomic E-state index is 0. The van der Waals surface area contributed by atoms with Crippen molar-refractivity contribution in [3.8, 4) is 0 Å². The smallest absolute Gasteiger partial charge is 0.459 e. The number of nitrogens with zero attached hydrogens (tertiary/aromatic N) is 3. The summed E-state index contributed by atoms with van der Waals surface area (Å²) in [5.74, 6) is 0.730. The van der Waals surface area contributed by atoms with Gasteiger partial charge in [-0.25, -0.2) is 24.3 Å². The number of hydrogen-bond donors (Lipinski definition) is 0. The molecule has 0 saturated heterocycles. The monoisotopic (exact) mass is 579 g/mol. The van der Waals surface area contributed by atoms with Gasteiger partial charge in [0.05, 0.1) is 11.6 Å². The first-order valence-electron chi connectivity index (χ1n) is 14.4. The van der Waals surface area contributed by atoms with E-state index in [0.717, 1.165) is 32.1 Å². The summed E-state index contributed by atoms with van der Waals surface area (Å²) in [4.78, 5) is 13.5. The summed E-state index contributed by atoms with van der Waals surface area (Å²) in [6.07, 6.45) is 7.00. The zero-order valence-corrected chi connectivity index (χ0v) is 25.2. The van der Waals surface area contributed by atoms with E-state index in [1.54, 1.807) is 4.68 Å². The van der Waals surface area contributed by atoms with Gasteiger partial charge in [0.15, 0.2) is 0 Å². The Hall–Kier alpha value is -2.95. The van der Waals surface area contributed by atoms with Gasteiger partial charge in [0.25, 0.3) is 0 Å². The van der Waals surface area contributed by atoms with E-state index >= 15 is 0 Å². The van der Waals surface area contributed by atoms with Gasteiger partial charge >= 0.3 is 23.0 Å². The van der Waals surface area contributed by atoms with E-state index in [1.165, 1.54) is 22.3 Å². The van der Waals surface area contributed by atoms with Crippen LogP contribution < -0.4 is 0 Å². The number of hydrogen-bond acceptors (Lipinski definition) is 4. The van der Waals surface area contributed by atoms with Crippen molar-refractivity contribution >= 4 is 5.97 Å². The van der Waals surface area contributed by atoms with Crippen LogP contribution in [0.1, 0.15) is 87.2 Å². The topological polar surface area (TPSA) is 57.0 Å². The van der Waals surface area contributed by atoms with E-state index in [2.05, 4.69) is 68.3 Å². The van der Waals surface area contributed by atoms with Gasteiger partial charge in [-0.05, 0) is 66.5 Å². The van der Waals surface area contributed by atoms with Crippen molar-refractivity contribution in [1.29, 1.82) is 0 Å². The predicted molar refractivity (Wildman–Crippen MR) is 155 cm³/mol. The fourth-order valence-electron chi connectivity index (χ4n) is 6.93. The second kappa shape index (κ2) is 12.7. The average Bonchev–Trinajstić information content (AvgIpc) is 3.72. The number of rotatable bonds is 6. The third kappa shape index (κ3) is 6.19. The Balaban J connectivity index is 0.000000557. The molecule has 212 valence electrons. The number of esters is 1. The molecule has 2 aliphatic carbocycles. The van der Waals surface area contributed by atoms with Crippen molar-refractivity contribution in [2.75, 3.05) is 0 Å². The van der Waals surface area contributed by atoms with E-state index < -0.39 is 5.41 Å². The summed E-state index contributed by atoms with van der Waals surface area (Å²) in [7, 11) is 0. The number of aromatic nitrogens is 3. The summed E-state index contributed by atoms with van der Waals surface area (Å²) in [5, 5.41) is 8.41. The Labute approximate surface area is 249 Å². The van der Waals surface area contributed by atoms with Gasteiger partial charge in [-0.1, -0.05) is 50.6 Å². The average molecular weight is 580 g/mol. The number of fused-ring (bicyclic) bond motifs is 3. The standard InChI is InChI=1S/C29H36N3O2.C5H5.Fe/c1-20(2)22-10-12-25-23(16-22)11-13-26-28(25,3)14-7-15-29(26,4)27(33)34-19-24-18-32(31-30-24)17-21-8-5-6-9-21;1-2-4-5-3-1;/h5-6,8-10,12,16,18,20,26H,7,11,13-15,17,19H2,1-4H3;1-5H;/q2*-1;+2/t26?,28-,29-;;/m1../s1. The van der Waals surface area contributed by atoms with Gasteiger partial charge in [0, 0.05) is 6.54 Å². The third-order valence-electron chi connectivity index (χ3n) is 9.08. The van der Waals surface area contributed by atoms with Crippen LogP contribution in [0.4, 0.5) is 0 Å². The van der Waals surface area contributed by atoms with Gasteiger partial charge in [-0.3, -0.25) is 9.48 Å². The number of carbonyl (C=O) groups excluding carboxylic acids is 1. The van der Waals surface area contributed by atoms with Crippen molar-refractivity contribution in [1.82, 2.24) is 15.0 Å². The van der Waals surface area contributed by atoms with Crippen LogP contribution in [0.25, 0.3) is 0 Å². The molecule has 1 aromatic heterocycles. The molecule has 0 bridgehead atoms. The molecule has 1 fully saturated rings. The minimum Gasteiger partial charge on any atom is -0.459 e. The molecule has 5 nitrogen and oxygen atoms in total. The van der Waals surface area contributed by atoms with Crippen LogP contribution in [-0.2, 0) is 51.6 Å². The van der Waals surface area contributed by atoms with Crippen molar-refractivity contribution in [2.45, 2.75) is 84.3 Å². The quantitative estimate of drug-likeness (QED) is 0.136. The molecular formula is C34H41FeN3O2. The normalized spacial score (nSPS) is 23.3. The van der Waals surface area contributed by atoms with Crippen LogP contribution in [0.5, 0.6) is 0 Å². The molecule has 3 aromatic carbocycles. The molecule has 6 heteroatoms. The Morgan fingerprint density at radius 1 is 1.15 bits per heavy atom. The van der Waals surface area contributed by atoms with Crippen LogP contribution in [0.15, 0.2) is 79.0 Å². The van der Waals surface area contributed by atoms with Crippen LogP contribution >= 0.6 is 0 Å². The Bertz CT molecular complexity index is 1340.